The average molecular weight is 138 g/mol. The van der Waals surface area contributed by atoms with Crippen molar-refractivity contribution < 1.29 is 4.74 Å². The molecule has 0 aliphatic carbocycles. The molecule has 0 amide bonds. The summed E-state index contributed by atoms with van der Waals surface area (Å²) in [6, 6.07) is 3.66. The Kier molecular flexibility index (Phi) is 3.46. The molecule has 0 saturated carbocycles. The molecule has 3 heteroatoms. The van der Waals surface area contributed by atoms with Gasteiger partial charge >= 0.3 is 0 Å². The van der Waals surface area contributed by atoms with Crippen molar-refractivity contribution in [3.05, 3.63) is 0 Å². The van der Waals surface area contributed by atoms with E-state index in [1.165, 1.54) is 0 Å². The molecule has 0 radical (unpaired) electrons. The van der Waals surface area contributed by atoms with Gasteiger partial charge in [0.15, 0.2) is 0 Å². The van der Waals surface area contributed by atoms with Crippen LogP contribution in [0.5, 0.6) is 0 Å². The van der Waals surface area contributed by atoms with Gasteiger partial charge in [-0.15, -0.1) is 0 Å². The second-order valence-corrected chi connectivity index (χ2v) is 1.84. The van der Waals surface area contributed by atoms with E-state index >= 15 is 0 Å². The average Bonchev–Trinajstić information content (AvgIpc) is 2.01. The number of hydrogen-bond donors (Lipinski definition) is 0. The van der Waals surface area contributed by atoms with Crippen LogP contribution in [-0.2, 0) is 4.74 Å². The molecular formula is C7H10N2O. The second-order valence-electron chi connectivity index (χ2n) is 1.84. The van der Waals surface area contributed by atoms with E-state index in [-0.39, 0.29) is 0 Å². The van der Waals surface area contributed by atoms with Crippen LogP contribution in [0, 0.1) is 22.7 Å². The normalized spacial score (nSPS) is 10.0. The molecule has 3 nitrogen and oxygen atoms in total. The number of ether oxygens (including phenoxy) is 1. The minimum absolute atomic E-state index is 0.398. The number of nitrogens with zero attached hydrogens (tertiary/aromatic N) is 2. The van der Waals surface area contributed by atoms with Crippen molar-refractivity contribution in [1.82, 2.24) is 0 Å². The lowest BCUT2D eigenvalue weighted by molar-refractivity contribution is 0.0455. The Morgan fingerprint density at radius 3 is 1.90 bits per heavy atom. The van der Waals surface area contributed by atoms with E-state index in [1.54, 1.807) is 13.8 Å². The highest BCUT2D eigenvalue weighted by Gasteiger charge is 2.27. The highest BCUT2D eigenvalue weighted by Crippen LogP contribution is 2.12. The maximum atomic E-state index is 8.51. The quantitative estimate of drug-likeness (QED) is 0.589. The van der Waals surface area contributed by atoms with Crippen LogP contribution >= 0.6 is 0 Å². The molecule has 0 bridgehead atoms. The van der Waals surface area contributed by atoms with Crippen molar-refractivity contribution in [2.45, 2.75) is 25.9 Å². The lowest BCUT2D eigenvalue weighted by Crippen LogP contribution is -2.27. The summed E-state index contributed by atoms with van der Waals surface area (Å²) >= 11 is 0. The fourth-order valence-corrected chi connectivity index (χ4v) is 0.596. The monoisotopic (exact) mass is 138 g/mol. The van der Waals surface area contributed by atoms with E-state index in [0.29, 0.717) is 13.0 Å². The summed E-state index contributed by atoms with van der Waals surface area (Å²) in [7, 11) is 0. The van der Waals surface area contributed by atoms with Crippen molar-refractivity contribution in [1.29, 1.82) is 10.5 Å². The highest BCUT2D eigenvalue weighted by atomic mass is 16.5. The van der Waals surface area contributed by atoms with Gasteiger partial charge in [0.25, 0.3) is 0 Å². The third-order valence-electron chi connectivity index (χ3n) is 1.25. The predicted octanol–water partition coefficient (Wildman–Crippen LogP) is 1.22. The zero-order valence-corrected chi connectivity index (χ0v) is 6.22. The summed E-state index contributed by atoms with van der Waals surface area (Å²) in [6.45, 7) is 3.91. The zero-order valence-electron chi connectivity index (χ0n) is 6.22. The summed E-state index contributed by atoms with van der Waals surface area (Å²) in [5.41, 5.74) is -1.21. The molecule has 0 atom stereocenters. The predicted molar refractivity (Wildman–Crippen MR) is 35.9 cm³/mol. The van der Waals surface area contributed by atoms with E-state index in [4.69, 9.17) is 15.3 Å². The number of nitriles is 2. The van der Waals surface area contributed by atoms with Gasteiger partial charge < -0.3 is 4.74 Å². The molecule has 0 aliphatic rings. The minimum Gasteiger partial charge on any atom is -0.348 e. The van der Waals surface area contributed by atoms with Crippen LogP contribution in [0.3, 0.4) is 0 Å². The van der Waals surface area contributed by atoms with Crippen molar-refractivity contribution in [2.24, 2.45) is 0 Å². The van der Waals surface area contributed by atoms with Crippen molar-refractivity contribution in [3.63, 3.8) is 0 Å². The lowest BCUT2D eigenvalue weighted by Gasteiger charge is -2.14. The van der Waals surface area contributed by atoms with Crippen LogP contribution in [0.4, 0.5) is 0 Å². The largest absolute Gasteiger partial charge is 0.348 e. The summed E-state index contributed by atoms with van der Waals surface area (Å²) in [5.74, 6) is 0. The van der Waals surface area contributed by atoms with E-state index < -0.39 is 5.60 Å². The standard InChI is InChI=1S/C7H10N2O/c1-3-7(5-8,6-9)10-4-2/h3-4H2,1-2H3. The third kappa shape index (κ3) is 1.72. The molecule has 0 fully saturated rings. The summed E-state index contributed by atoms with van der Waals surface area (Å²) < 4.78 is 4.95. The third-order valence-corrected chi connectivity index (χ3v) is 1.25. The molecule has 10 heavy (non-hydrogen) atoms. The minimum atomic E-state index is -1.21. The highest BCUT2D eigenvalue weighted by molar-refractivity contribution is 5.16. The van der Waals surface area contributed by atoms with Gasteiger partial charge in [-0.05, 0) is 6.92 Å². The molecule has 0 aromatic rings. The van der Waals surface area contributed by atoms with Gasteiger partial charge in [-0.2, -0.15) is 10.5 Å². The summed E-state index contributed by atoms with van der Waals surface area (Å²) in [6.07, 6.45) is 0.411. The zero-order chi connectivity index (χ0) is 8.04. The van der Waals surface area contributed by atoms with Crippen LogP contribution in [0.15, 0.2) is 0 Å². The summed E-state index contributed by atoms with van der Waals surface area (Å²) in [4.78, 5) is 0. The fourth-order valence-electron chi connectivity index (χ4n) is 0.596. The first kappa shape index (κ1) is 8.94. The molecule has 0 N–H and O–H groups in total. The van der Waals surface area contributed by atoms with Crippen LogP contribution < -0.4 is 0 Å². The van der Waals surface area contributed by atoms with Gasteiger partial charge in [-0.3, -0.25) is 0 Å². The van der Waals surface area contributed by atoms with Gasteiger partial charge in [0.05, 0.1) is 0 Å². The van der Waals surface area contributed by atoms with Crippen LogP contribution in [-0.4, -0.2) is 12.2 Å². The van der Waals surface area contributed by atoms with Crippen LogP contribution in [0.25, 0.3) is 0 Å². The van der Waals surface area contributed by atoms with E-state index in [2.05, 4.69) is 0 Å². The number of hydrogen-bond acceptors (Lipinski definition) is 3. The molecule has 0 aliphatic heterocycles. The fraction of sp³-hybridized carbons (Fsp3) is 0.714. The van der Waals surface area contributed by atoms with Crippen molar-refractivity contribution in [3.8, 4) is 12.1 Å². The first-order valence-electron chi connectivity index (χ1n) is 3.21. The SMILES string of the molecule is CCOC(C#N)(C#N)CC. The molecule has 0 rings (SSSR count). The molecule has 0 heterocycles. The van der Waals surface area contributed by atoms with E-state index in [0.717, 1.165) is 0 Å². The Balaban J connectivity index is 4.24. The van der Waals surface area contributed by atoms with Gasteiger partial charge in [-0.25, -0.2) is 0 Å². The van der Waals surface area contributed by atoms with Gasteiger partial charge in [0.2, 0.25) is 5.60 Å². The van der Waals surface area contributed by atoms with Gasteiger partial charge in [0.1, 0.15) is 12.1 Å². The molecule has 0 unspecified atom stereocenters. The Hall–Kier alpha value is -1.06. The van der Waals surface area contributed by atoms with E-state index in [1.807, 2.05) is 12.1 Å². The van der Waals surface area contributed by atoms with Gasteiger partial charge in [0, 0.05) is 13.0 Å². The van der Waals surface area contributed by atoms with Gasteiger partial charge in [-0.1, -0.05) is 6.92 Å². The molecule has 0 saturated heterocycles. The Labute approximate surface area is 60.8 Å². The van der Waals surface area contributed by atoms with Crippen LogP contribution in [0.2, 0.25) is 0 Å². The molecule has 0 aromatic heterocycles. The number of rotatable bonds is 3. The molecule has 0 spiro atoms. The molecule has 0 aromatic carbocycles. The first-order chi connectivity index (χ1) is 4.74. The Bertz CT molecular complexity index is 161. The maximum Gasteiger partial charge on any atom is 0.240 e. The molecule has 54 valence electrons. The Morgan fingerprint density at radius 2 is 1.80 bits per heavy atom. The van der Waals surface area contributed by atoms with Crippen LogP contribution in [0.1, 0.15) is 20.3 Å². The topological polar surface area (TPSA) is 56.8 Å². The van der Waals surface area contributed by atoms with Crippen molar-refractivity contribution >= 4 is 0 Å². The smallest absolute Gasteiger partial charge is 0.240 e. The maximum absolute atomic E-state index is 8.51. The lowest BCUT2D eigenvalue weighted by atomic mass is 10.1. The van der Waals surface area contributed by atoms with Crippen molar-refractivity contribution in [2.75, 3.05) is 6.61 Å². The molecular weight excluding hydrogens is 128 g/mol. The first-order valence-corrected chi connectivity index (χ1v) is 3.21. The summed E-state index contributed by atoms with van der Waals surface area (Å²) in [5, 5.41) is 17.0. The second kappa shape index (κ2) is 3.87. The Morgan fingerprint density at radius 1 is 1.30 bits per heavy atom. The van der Waals surface area contributed by atoms with E-state index in [9.17, 15) is 0 Å².